The second kappa shape index (κ2) is 7.07. The number of hydrogen-bond donors (Lipinski definition) is 1. The molecule has 5 heteroatoms. The molecule has 0 fully saturated rings. The standard InChI is InChI=1S/C14H16N2O2.ClH/c15-8-4-5-9-16-13(17)10-12(14(16)18)11-6-2-1-3-7-11;/h1-3,6-7,10H,4-5,8-9,15H2;1H. The Bertz CT molecular complexity index is 485. The fraction of sp³-hybridized carbons (Fsp3) is 0.286. The predicted molar refractivity (Wildman–Crippen MR) is 76.7 cm³/mol. The van der Waals surface area contributed by atoms with Crippen LogP contribution in [-0.2, 0) is 9.59 Å². The molecule has 0 unspecified atom stereocenters. The van der Waals surface area contributed by atoms with Crippen LogP contribution in [0.4, 0.5) is 0 Å². The molecule has 0 bridgehead atoms. The van der Waals surface area contributed by atoms with Crippen LogP contribution in [-0.4, -0.2) is 29.8 Å². The zero-order chi connectivity index (χ0) is 13.0. The summed E-state index contributed by atoms with van der Waals surface area (Å²) in [6, 6.07) is 9.25. The van der Waals surface area contributed by atoms with Gasteiger partial charge < -0.3 is 5.73 Å². The molecule has 2 rings (SSSR count). The Morgan fingerprint density at radius 1 is 1.05 bits per heavy atom. The van der Waals surface area contributed by atoms with Crippen molar-refractivity contribution in [1.29, 1.82) is 0 Å². The summed E-state index contributed by atoms with van der Waals surface area (Å²) in [4.78, 5) is 25.2. The van der Waals surface area contributed by atoms with Gasteiger partial charge >= 0.3 is 0 Å². The van der Waals surface area contributed by atoms with E-state index in [1.54, 1.807) is 0 Å². The molecule has 0 atom stereocenters. The van der Waals surface area contributed by atoms with Crippen molar-refractivity contribution >= 4 is 29.8 Å². The van der Waals surface area contributed by atoms with Crippen LogP contribution in [0.2, 0.25) is 0 Å². The topological polar surface area (TPSA) is 63.4 Å². The monoisotopic (exact) mass is 280 g/mol. The lowest BCUT2D eigenvalue weighted by molar-refractivity contribution is -0.136. The summed E-state index contributed by atoms with van der Waals surface area (Å²) in [6.45, 7) is 1.02. The number of halogens is 1. The summed E-state index contributed by atoms with van der Waals surface area (Å²) in [6.07, 6.45) is 2.99. The molecule has 0 saturated heterocycles. The number of nitrogens with two attached hydrogens (primary N) is 1. The third-order valence-corrected chi connectivity index (χ3v) is 2.93. The Morgan fingerprint density at radius 3 is 2.37 bits per heavy atom. The van der Waals surface area contributed by atoms with Crippen molar-refractivity contribution in [2.45, 2.75) is 12.8 Å². The van der Waals surface area contributed by atoms with Crippen LogP contribution in [0.15, 0.2) is 36.4 Å². The lowest BCUT2D eigenvalue weighted by Gasteiger charge is -2.14. The third kappa shape index (κ3) is 3.43. The first kappa shape index (κ1) is 15.4. The second-order valence-corrected chi connectivity index (χ2v) is 4.21. The number of imide groups is 1. The minimum absolute atomic E-state index is 0. The van der Waals surface area contributed by atoms with Crippen molar-refractivity contribution in [3.05, 3.63) is 42.0 Å². The largest absolute Gasteiger partial charge is 0.330 e. The maximum absolute atomic E-state index is 12.1. The van der Waals surface area contributed by atoms with Crippen molar-refractivity contribution in [2.75, 3.05) is 13.1 Å². The van der Waals surface area contributed by atoms with Crippen molar-refractivity contribution in [3.8, 4) is 0 Å². The van der Waals surface area contributed by atoms with Gasteiger partial charge in [-0.15, -0.1) is 12.4 Å². The van der Waals surface area contributed by atoms with E-state index in [0.29, 0.717) is 18.7 Å². The Morgan fingerprint density at radius 2 is 1.74 bits per heavy atom. The number of benzene rings is 1. The van der Waals surface area contributed by atoms with Crippen LogP contribution < -0.4 is 5.73 Å². The molecule has 1 aliphatic heterocycles. The van der Waals surface area contributed by atoms with Gasteiger partial charge in [0.1, 0.15) is 0 Å². The molecule has 1 aromatic rings. The number of amides is 2. The number of unbranched alkanes of at least 4 members (excludes halogenated alkanes) is 1. The highest BCUT2D eigenvalue weighted by Gasteiger charge is 2.30. The highest BCUT2D eigenvalue weighted by atomic mass is 35.5. The number of rotatable bonds is 5. The van der Waals surface area contributed by atoms with Crippen LogP contribution in [0, 0.1) is 0 Å². The minimum atomic E-state index is -0.226. The average molecular weight is 281 g/mol. The van der Waals surface area contributed by atoms with Gasteiger partial charge in [0.15, 0.2) is 0 Å². The summed E-state index contributed by atoms with van der Waals surface area (Å²) in [5.41, 5.74) is 6.67. The lowest BCUT2D eigenvalue weighted by atomic mass is 10.1. The summed E-state index contributed by atoms with van der Waals surface area (Å²) in [5.74, 6) is -0.431. The van der Waals surface area contributed by atoms with Crippen LogP contribution in [0.3, 0.4) is 0 Å². The summed E-state index contributed by atoms with van der Waals surface area (Å²) >= 11 is 0. The van der Waals surface area contributed by atoms with Gasteiger partial charge in [-0.05, 0) is 24.9 Å². The van der Waals surface area contributed by atoms with E-state index in [1.807, 2.05) is 30.3 Å². The first-order valence-electron chi connectivity index (χ1n) is 6.07. The van der Waals surface area contributed by atoms with Crippen molar-refractivity contribution < 1.29 is 9.59 Å². The smallest absolute Gasteiger partial charge is 0.261 e. The van der Waals surface area contributed by atoms with E-state index in [4.69, 9.17) is 5.73 Å². The van der Waals surface area contributed by atoms with Gasteiger partial charge in [0.2, 0.25) is 0 Å². The SMILES string of the molecule is Cl.NCCCCN1C(=O)C=C(c2ccccc2)C1=O. The molecule has 0 aliphatic carbocycles. The Balaban J connectivity index is 0.00000180. The van der Waals surface area contributed by atoms with Gasteiger partial charge in [-0.25, -0.2) is 0 Å². The van der Waals surface area contributed by atoms with Gasteiger partial charge in [-0.1, -0.05) is 30.3 Å². The van der Waals surface area contributed by atoms with Gasteiger partial charge in [0.25, 0.3) is 11.8 Å². The van der Waals surface area contributed by atoms with E-state index in [9.17, 15) is 9.59 Å². The first-order chi connectivity index (χ1) is 8.74. The summed E-state index contributed by atoms with van der Waals surface area (Å²) in [7, 11) is 0. The van der Waals surface area contributed by atoms with Crippen molar-refractivity contribution in [3.63, 3.8) is 0 Å². The van der Waals surface area contributed by atoms with E-state index in [0.717, 1.165) is 18.4 Å². The van der Waals surface area contributed by atoms with E-state index >= 15 is 0 Å². The number of nitrogens with zero attached hydrogens (tertiary/aromatic N) is 1. The fourth-order valence-corrected chi connectivity index (χ4v) is 1.96. The van der Waals surface area contributed by atoms with Crippen molar-refractivity contribution in [2.24, 2.45) is 5.73 Å². The molecule has 0 aromatic heterocycles. The van der Waals surface area contributed by atoms with Crippen LogP contribution in [0.5, 0.6) is 0 Å². The number of carbonyl (C=O) groups is 2. The van der Waals surface area contributed by atoms with Crippen LogP contribution in [0.25, 0.3) is 5.57 Å². The molecule has 0 radical (unpaired) electrons. The van der Waals surface area contributed by atoms with Crippen LogP contribution >= 0.6 is 12.4 Å². The van der Waals surface area contributed by atoms with Gasteiger partial charge in [0, 0.05) is 12.6 Å². The van der Waals surface area contributed by atoms with E-state index < -0.39 is 0 Å². The second-order valence-electron chi connectivity index (χ2n) is 4.21. The molecular formula is C14H17ClN2O2. The zero-order valence-corrected chi connectivity index (χ0v) is 11.4. The molecule has 4 nitrogen and oxygen atoms in total. The Kier molecular flexibility index (Phi) is 5.73. The van der Waals surface area contributed by atoms with Gasteiger partial charge in [-0.2, -0.15) is 0 Å². The molecule has 1 heterocycles. The van der Waals surface area contributed by atoms with E-state index in [1.165, 1.54) is 11.0 Å². The van der Waals surface area contributed by atoms with Gasteiger partial charge in [-0.3, -0.25) is 14.5 Å². The molecule has 2 N–H and O–H groups in total. The quantitative estimate of drug-likeness (QED) is 0.658. The maximum Gasteiger partial charge on any atom is 0.261 e. The number of hydrogen-bond acceptors (Lipinski definition) is 3. The van der Waals surface area contributed by atoms with Gasteiger partial charge in [0.05, 0.1) is 5.57 Å². The predicted octanol–water partition coefficient (Wildman–Crippen LogP) is 1.60. The third-order valence-electron chi connectivity index (χ3n) is 2.93. The molecule has 1 aromatic carbocycles. The highest BCUT2D eigenvalue weighted by molar-refractivity contribution is 6.33. The molecule has 2 amide bonds. The van der Waals surface area contributed by atoms with E-state index in [-0.39, 0.29) is 24.2 Å². The normalized spacial score (nSPS) is 14.4. The summed E-state index contributed by atoms with van der Waals surface area (Å²) in [5, 5.41) is 0. The molecule has 0 spiro atoms. The molecule has 0 saturated carbocycles. The maximum atomic E-state index is 12.1. The fourth-order valence-electron chi connectivity index (χ4n) is 1.96. The van der Waals surface area contributed by atoms with Crippen molar-refractivity contribution in [1.82, 2.24) is 4.90 Å². The molecule has 19 heavy (non-hydrogen) atoms. The number of carbonyl (C=O) groups excluding carboxylic acids is 2. The molecule has 102 valence electrons. The lowest BCUT2D eigenvalue weighted by Crippen LogP contribution is -2.32. The zero-order valence-electron chi connectivity index (χ0n) is 10.5. The average Bonchev–Trinajstić information content (AvgIpc) is 2.68. The minimum Gasteiger partial charge on any atom is -0.330 e. The molecule has 1 aliphatic rings. The molecular weight excluding hydrogens is 264 g/mol. The Labute approximate surface area is 118 Å². The van der Waals surface area contributed by atoms with Crippen LogP contribution in [0.1, 0.15) is 18.4 Å². The summed E-state index contributed by atoms with van der Waals surface area (Å²) < 4.78 is 0. The highest BCUT2D eigenvalue weighted by Crippen LogP contribution is 2.23. The first-order valence-corrected chi connectivity index (χ1v) is 6.07. The Hall–Kier alpha value is -1.65. The van der Waals surface area contributed by atoms with E-state index in [2.05, 4.69) is 0 Å².